The number of rotatable bonds is 10. The second kappa shape index (κ2) is 15.0. The average molecular weight is 696 g/mol. The van der Waals surface area contributed by atoms with Crippen LogP contribution in [0, 0.1) is 11.8 Å². The van der Waals surface area contributed by atoms with E-state index >= 15 is 0 Å². The molecule has 0 aromatic carbocycles. The van der Waals surface area contributed by atoms with E-state index in [4.69, 9.17) is 14.5 Å². The van der Waals surface area contributed by atoms with Gasteiger partial charge in [-0.15, -0.1) is 13.2 Å². The Hall–Kier alpha value is -3.13. The zero-order valence-corrected chi connectivity index (χ0v) is 29.6. The second-order valence-electron chi connectivity index (χ2n) is 15.5. The maximum atomic E-state index is 14.6. The zero-order chi connectivity index (χ0) is 35.7. The zero-order valence-electron chi connectivity index (χ0n) is 29.6. The molecule has 1 aromatic rings. The van der Waals surface area contributed by atoms with Gasteiger partial charge in [0.15, 0.2) is 5.69 Å². The number of ether oxygens (including phenoxy) is 3. The van der Waals surface area contributed by atoms with Crippen LogP contribution in [0.2, 0.25) is 0 Å². The van der Waals surface area contributed by atoms with Crippen LogP contribution in [0.15, 0.2) is 12.3 Å². The number of halogens is 3. The Kier molecular flexibility index (Phi) is 11.4. The normalized spacial score (nSPS) is 25.2. The van der Waals surface area contributed by atoms with E-state index < -0.39 is 36.1 Å². The summed E-state index contributed by atoms with van der Waals surface area (Å²) in [5.74, 6) is -0.715. The van der Waals surface area contributed by atoms with Crippen molar-refractivity contribution in [1.82, 2.24) is 19.7 Å². The highest BCUT2D eigenvalue weighted by molar-refractivity contribution is 5.98. The number of hydrogen-bond acceptors (Lipinski definition) is 8. The maximum absolute atomic E-state index is 14.6. The largest absolute Gasteiger partial charge is 0.522 e. The number of anilines is 1. The van der Waals surface area contributed by atoms with Crippen LogP contribution in [0.25, 0.3) is 0 Å². The van der Waals surface area contributed by atoms with Crippen molar-refractivity contribution in [3.63, 3.8) is 0 Å². The van der Waals surface area contributed by atoms with Gasteiger partial charge < -0.3 is 29.5 Å². The minimum Gasteiger partial charge on any atom is -0.444 e. The molecule has 14 heteroatoms. The van der Waals surface area contributed by atoms with E-state index in [9.17, 15) is 27.6 Å². The summed E-state index contributed by atoms with van der Waals surface area (Å²) in [5.41, 5.74) is 1.30. The van der Waals surface area contributed by atoms with Gasteiger partial charge in [0.05, 0.1) is 29.9 Å². The molecule has 2 saturated carbocycles. The van der Waals surface area contributed by atoms with Gasteiger partial charge in [0.1, 0.15) is 5.60 Å². The van der Waals surface area contributed by atoms with E-state index in [2.05, 4.69) is 10.1 Å². The molecule has 5 rings (SSSR count). The van der Waals surface area contributed by atoms with Gasteiger partial charge >= 0.3 is 12.5 Å². The number of carbonyl (C=O) groups excluding carboxylic acids is 3. The van der Waals surface area contributed by atoms with Gasteiger partial charge in [-0.3, -0.25) is 14.3 Å². The maximum Gasteiger partial charge on any atom is 0.522 e. The van der Waals surface area contributed by atoms with Crippen LogP contribution >= 0.6 is 0 Å². The van der Waals surface area contributed by atoms with E-state index in [0.29, 0.717) is 23.8 Å². The third-order valence-corrected chi connectivity index (χ3v) is 9.69. The summed E-state index contributed by atoms with van der Waals surface area (Å²) >= 11 is 0. The lowest BCUT2D eigenvalue weighted by atomic mass is 9.88. The van der Waals surface area contributed by atoms with Gasteiger partial charge in [-0.2, -0.15) is 0 Å². The highest BCUT2D eigenvalue weighted by Gasteiger charge is 2.43. The summed E-state index contributed by atoms with van der Waals surface area (Å²) < 4.78 is 53.8. The van der Waals surface area contributed by atoms with Crippen LogP contribution in [-0.4, -0.2) is 114 Å². The lowest BCUT2D eigenvalue weighted by molar-refractivity contribution is -0.345. The predicted molar refractivity (Wildman–Crippen MR) is 176 cm³/mol. The van der Waals surface area contributed by atoms with Crippen molar-refractivity contribution in [1.29, 1.82) is 0 Å². The third-order valence-electron chi connectivity index (χ3n) is 9.69. The fraction of sp³-hybridized carbons (Fsp3) is 0.771. The molecule has 4 aliphatic rings. The molecule has 0 radical (unpaired) electrons. The minimum atomic E-state index is -4.74. The Bertz CT molecular complexity index is 1340. The Morgan fingerprint density at radius 3 is 2.24 bits per heavy atom. The number of aromatic nitrogens is 1. The Labute approximate surface area is 287 Å². The molecule has 3 amide bonds. The lowest BCUT2D eigenvalue weighted by Crippen LogP contribution is -2.58. The molecule has 3 heterocycles. The first kappa shape index (κ1) is 37.1. The highest BCUT2D eigenvalue weighted by atomic mass is 19.4. The number of likely N-dealkylation sites (tertiary alicyclic amines) is 2. The van der Waals surface area contributed by atoms with Crippen molar-refractivity contribution in [2.45, 2.75) is 122 Å². The summed E-state index contributed by atoms with van der Waals surface area (Å²) in [6.45, 7) is 10.1. The van der Waals surface area contributed by atoms with Crippen molar-refractivity contribution >= 4 is 23.6 Å². The van der Waals surface area contributed by atoms with Gasteiger partial charge in [0, 0.05) is 52.1 Å². The third kappa shape index (κ3) is 9.99. The predicted octanol–water partition coefficient (Wildman–Crippen LogP) is 5.80. The molecule has 1 N–H and O–H groups in total. The van der Waals surface area contributed by atoms with E-state index in [1.165, 1.54) is 4.90 Å². The van der Waals surface area contributed by atoms with Crippen molar-refractivity contribution < 1.29 is 41.8 Å². The summed E-state index contributed by atoms with van der Waals surface area (Å²) in [7, 11) is 1.70. The smallest absolute Gasteiger partial charge is 0.444 e. The van der Waals surface area contributed by atoms with Gasteiger partial charge in [0.2, 0.25) is 5.91 Å². The van der Waals surface area contributed by atoms with Crippen LogP contribution in [0.1, 0.15) is 102 Å². The number of alkyl halides is 3. The van der Waals surface area contributed by atoms with Crippen molar-refractivity contribution in [2.75, 3.05) is 45.2 Å². The number of carbonyl (C=O) groups is 3. The first-order valence-corrected chi connectivity index (χ1v) is 17.6. The van der Waals surface area contributed by atoms with E-state index in [0.717, 1.165) is 31.2 Å². The molecule has 274 valence electrons. The quantitative estimate of drug-likeness (QED) is 0.327. The molecular formula is C35H52F3N5O6. The van der Waals surface area contributed by atoms with Crippen molar-refractivity contribution in [3.8, 4) is 0 Å². The molecule has 0 spiro atoms. The number of piperidine rings is 2. The molecule has 2 atom stereocenters. The van der Waals surface area contributed by atoms with Crippen LogP contribution in [0.5, 0.6) is 0 Å². The molecule has 4 fully saturated rings. The number of amides is 3. The Balaban J connectivity index is 1.40. The summed E-state index contributed by atoms with van der Waals surface area (Å²) in [5, 5.41) is 3.55. The Morgan fingerprint density at radius 1 is 1.00 bits per heavy atom. The number of nitrogens with one attached hydrogen (secondary N) is 1. The van der Waals surface area contributed by atoms with Crippen LogP contribution < -0.4 is 5.32 Å². The lowest BCUT2D eigenvalue weighted by Gasteiger charge is -2.44. The summed E-state index contributed by atoms with van der Waals surface area (Å²) in [4.78, 5) is 51.5. The minimum absolute atomic E-state index is 0.0551. The topological polar surface area (TPSA) is 114 Å². The van der Waals surface area contributed by atoms with Crippen LogP contribution in [0.3, 0.4) is 0 Å². The van der Waals surface area contributed by atoms with Crippen LogP contribution in [0.4, 0.5) is 23.7 Å². The number of methoxy groups -OCH3 is 1. The van der Waals surface area contributed by atoms with Gasteiger partial charge in [0.25, 0.3) is 5.91 Å². The first-order valence-electron chi connectivity index (χ1n) is 17.6. The average Bonchev–Trinajstić information content (AvgIpc) is 3.85. The molecule has 2 saturated heterocycles. The number of pyridine rings is 1. The summed E-state index contributed by atoms with van der Waals surface area (Å²) in [6.07, 6.45) is -0.146. The molecule has 2 unspecified atom stereocenters. The fourth-order valence-electron chi connectivity index (χ4n) is 7.02. The molecule has 49 heavy (non-hydrogen) atoms. The van der Waals surface area contributed by atoms with Gasteiger partial charge in [-0.25, -0.2) is 9.78 Å². The molecule has 2 aliphatic heterocycles. The molecular weight excluding hydrogens is 643 g/mol. The molecule has 1 aromatic heterocycles. The van der Waals surface area contributed by atoms with Crippen molar-refractivity contribution in [3.05, 3.63) is 23.5 Å². The van der Waals surface area contributed by atoms with E-state index in [1.807, 2.05) is 19.9 Å². The summed E-state index contributed by atoms with van der Waals surface area (Å²) in [6, 6.07) is 1.66. The number of hydrogen-bond donors (Lipinski definition) is 1. The van der Waals surface area contributed by atoms with E-state index in [1.54, 1.807) is 43.9 Å². The van der Waals surface area contributed by atoms with Crippen LogP contribution in [-0.2, 0) is 19.0 Å². The standard InChI is InChI=1S/C35H52F3N5O6/c1-21(2)18-43(32(45)30-29(40-25-15-28(16-25)47-6)14-23(17-39-30)22-7-8-22)26-13-24(19-42(20-26)33(46)49-34(3,4)5)31(44)41-11-9-27(10-12-41)48-35(36,37)38/h14,17,21-22,24-28,40H,7-13,15-16,18-20H2,1-6H3. The molecule has 2 aliphatic carbocycles. The van der Waals surface area contributed by atoms with Gasteiger partial charge in [-0.05, 0) is 89.2 Å². The highest BCUT2D eigenvalue weighted by Crippen LogP contribution is 2.41. The first-order chi connectivity index (χ1) is 23.0. The Morgan fingerprint density at radius 2 is 1.67 bits per heavy atom. The molecule has 0 bridgehead atoms. The number of nitrogens with zero attached hydrogens (tertiary/aromatic N) is 4. The SMILES string of the molecule is COC1CC(Nc2cc(C3CC3)cnc2C(=O)N(CC(C)C)C2CC(C(=O)N3CCC(OC(F)(F)F)CC3)CN(C(=O)OC(C)(C)C)C2)C1. The molecule has 11 nitrogen and oxygen atoms in total. The second-order valence-corrected chi connectivity index (χ2v) is 15.5. The van der Waals surface area contributed by atoms with Gasteiger partial charge in [-0.1, -0.05) is 13.8 Å². The van der Waals surface area contributed by atoms with Crippen molar-refractivity contribution in [2.24, 2.45) is 11.8 Å². The monoisotopic (exact) mass is 695 g/mol. The van der Waals surface area contributed by atoms with E-state index in [-0.39, 0.29) is 75.3 Å². The fourth-order valence-corrected chi connectivity index (χ4v) is 7.02.